The smallest absolute Gasteiger partial charge is 0.416 e. The average molecular weight is 372 g/mol. The third kappa shape index (κ3) is 4.53. The van der Waals surface area contributed by atoms with Gasteiger partial charge < -0.3 is 19.3 Å². The summed E-state index contributed by atoms with van der Waals surface area (Å²) in [7, 11) is 1.18. The van der Waals surface area contributed by atoms with Crippen LogP contribution in [0.1, 0.15) is 18.4 Å². The quantitative estimate of drug-likeness (QED) is 0.583. The summed E-state index contributed by atoms with van der Waals surface area (Å²) < 4.78 is 42.6. The van der Waals surface area contributed by atoms with Crippen molar-refractivity contribution in [1.82, 2.24) is 4.90 Å². The van der Waals surface area contributed by atoms with Crippen LogP contribution >= 0.6 is 0 Å². The van der Waals surface area contributed by atoms with Gasteiger partial charge in [-0.05, 0) is 24.3 Å². The van der Waals surface area contributed by atoms with E-state index in [4.69, 9.17) is 0 Å². The normalized spacial score (nSPS) is 16.8. The van der Waals surface area contributed by atoms with Crippen LogP contribution in [0.25, 0.3) is 0 Å². The number of methoxy groups -OCH3 is 1. The average Bonchev–Trinajstić information content (AvgIpc) is 2.80. The second kappa shape index (κ2) is 8.20. The Morgan fingerprint density at radius 1 is 1.23 bits per heavy atom. The first-order valence-corrected chi connectivity index (χ1v) is 8.01. The van der Waals surface area contributed by atoms with Crippen molar-refractivity contribution in [2.24, 2.45) is 0 Å². The van der Waals surface area contributed by atoms with E-state index >= 15 is 0 Å². The van der Waals surface area contributed by atoms with E-state index in [9.17, 15) is 27.6 Å². The lowest BCUT2D eigenvalue weighted by molar-refractivity contribution is -0.153. The van der Waals surface area contributed by atoms with Crippen molar-refractivity contribution in [2.45, 2.75) is 25.1 Å². The Kier molecular flexibility index (Phi) is 6.23. The third-order valence-electron chi connectivity index (χ3n) is 4.26. The Hall–Kier alpha value is -2.58. The van der Waals surface area contributed by atoms with Crippen LogP contribution in [-0.4, -0.2) is 55.8 Å². The first-order valence-electron chi connectivity index (χ1n) is 8.01. The van der Waals surface area contributed by atoms with Crippen molar-refractivity contribution >= 4 is 23.9 Å². The Labute approximate surface area is 148 Å². The molecule has 1 saturated heterocycles. The van der Waals surface area contributed by atoms with Gasteiger partial charge in [0, 0.05) is 38.2 Å². The standard InChI is InChI=1S/C17H19F3N2O4/c1-26-16(25)14(7-11-23)22-10-9-21(8-6-15(22)24)13-4-2-12(3-5-13)17(18,19)20/h2-5,11,14H,6-10H2,1H3/t14-/m0/s1. The molecule has 0 radical (unpaired) electrons. The molecule has 0 aliphatic carbocycles. The Balaban J connectivity index is 2.14. The molecular weight excluding hydrogens is 353 g/mol. The molecule has 6 nitrogen and oxygen atoms in total. The van der Waals surface area contributed by atoms with Crippen LogP contribution in [0.4, 0.5) is 18.9 Å². The van der Waals surface area contributed by atoms with Gasteiger partial charge in [0.2, 0.25) is 5.91 Å². The summed E-state index contributed by atoms with van der Waals surface area (Å²) in [5.41, 5.74) is -0.192. The highest BCUT2D eigenvalue weighted by atomic mass is 19.4. The van der Waals surface area contributed by atoms with Crippen LogP contribution in [0.5, 0.6) is 0 Å². The number of carbonyl (C=O) groups excluding carboxylic acids is 3. The number of aldehydes is 1. The number of amides is 1. The predicted molar refractivity (Wildman–Crippen MR) is 86.5 cm³/mol. The van der Waals surface area contributed by atoms with Crippen molar-refractivity contribution in [3.63, 3.8) is 0 Å². The molecule has 0 bridgehead atoms. The Bertz CT molecular complexity index is 661. The van der Waals surface area contributed by atoms with E-state index < -0.39 is 23.8 Å². The van der Waals surface area contributed by atoms with Gasteiger partial charge in [0.1, 0.15) is 12.3 Å². The lowest BCUT2D eigenvalue weighted by atomic mass is 10.1. The van der Waals surface area contributed by atoms with Gasteiger partial charge >= 0.3 is 12.1 Å². The number of hydrogen-bond donors (Lipinski definition) is 0. The summed E-state index contributed by atoms with van der Waals surface area (Å²) in [6.07, 6.45) is -3.95. The van der Waals surface area contributed by atoms with Crippen molar-refractivity contribution < 1.29 is 32.3 Å². The molecule has 2 rings (SSSR count). The van der Waals surface area contributed by atoms with Gasteiger partial charge in [-0.2, -0.15) is 13.2 Å². The largest absolute Gasteiger partial charge is 0.467 e. The molecule has 1 aromatic rings. The van der Waals surface area contributed by atoms with Crippen LogP contribution in [-0.2, 0) is 25.3 Å². The van der Waals surface area contributed by atoms with E-state index in [1.165, 1.54) is 24.1 Å². The van der Waals surface area contributed by atoms with Crippen LogP contribution in [0.3, 0.4) is 0 Å². The molecule has 1 heterocycles. The van der Waals surface area contributed by atoms with Crippen LogP contribution < -0.4 is 4.90 Å². The fraction of sp³-hybridized carbons (Fsp3) is 0.471. The molecular formula is C17H19F3N2O4. The van der Waals surface area contributed by atoms with Gasteiger partial charge in [-0.3, -0.25) is 4.79 Å². The van der Waals surface area contributed by atoms with E-state index in [-0.39, 0.29) is 25.3 Å². The lowest BCUT2D eigenvalue weighted by Crippen LogP contribution is -2.46. The first kappa shape index (κ1) is 19.7. The summed E-state index contributed by atoms with van der Waals surface area (Å²) in [6, 6.07) is 3.70. The van der Waals surface area contributed by atoms with Gasteiger partial charge in [0.15, 0.2) is 0 Å². The maximum atomic E-state index is 12.7. The zero-order chi connectivity index (χ0) is 19.3. The zero-order valence-corrected chi connectivity index (χ0v) is 14.2. The lowest BCUT2D eigenvalue weighted by Gasteiger charge is -2.28. The molecule has 1 aliphatic rings. The number of esters is 1. The summed E-state index contributed by atoms with van der Waals surface area (Å²) in [5.74, 6) is -0.981. The minimum Gasteiger partial charge on any atom is -0.467 e. The molecule has 1 fully saturated rings. The monoisotopic (exact) mass is 372 g/mol. The zero-order valence-electron chi connectivity index (χ0n) is 14.2. The number of anilines is 1. The van der Waals surface area contributed by atoms with Gasteiger partial charge in [-0.25, -0.2) is 4.79 Å². The summed E-state index contributed by atoms with van der Waals surface area (Å²) in [4.78, 5) is 38.1. The topological polar surface area (TPSA) is 66.9 Å². The van der Waals surface area contributed by atoms with Gasteiger partial charge in [-0.1, -0.05) is 0 Å². The second-order valence-corrected chi connectivity index (χ2v) is 5.81. The molecule has 26 heavy (non-hydrogen) atoms. The summed E-state index contributed by atoms with van der Waals surface area (Å²) >= 11 is 0. The van der Waals surface area contributed by atoms with Crippen molar-refractivity contribution in [1.29, 1.82) is 0 Å². The molecule has 0 aromatic heterocycles. The molecule has 1 atom stereocenters. The third-order valence-corrected chi connectivity index (χ3v) is 4.26. The fourth-order valence-corrected chi connectivity index (χ4v) is 2.87. The Morgan fingerprint density at radius 2 is 1.88 bits per heavy atom. The summed E-state index contributed by atoms with van der Waals surface area (Å²) in [6.45, 7) is 0.784. The van der Waals surface area contributed by atoms with Gasteiger partial charge in [0.25, 0.3) is 0 Å². The van der Waals surface area contributed by atoms with Crippen LogP contribution in [0.2, 0.25) is 0 Å². The first-order chi connectivity index (χ1) is 12.3. The molecule has 1 aliphatic heterocycles. The molecule has 9 heteroatoms. The molecule has 0 N–H and O–H groups in total. The maximum Gasteiger partial charge on any atom is 0.416 e. The molecule has 0 unspecified atom stereocenters. The number of nitrogens with zero attached hydrogens (tertiary/aromatic N) is 2. The molecule has 1 aromatic carbocycles. The number of rotatable bonds is 5. The fourth-order valence-electron chi connectivity index (χ4n) is 2.87. The van der Waals surface area contributed by atoms with Gasteiger partial charge in [-0.15, -0.1) is 0 Å². The van der Waals surface area contributed by atoms with E-state index in [0.717, 1.165) is 12.1 Å². The molecule has 1 amide bonds. The SMILES string of the molecule is COC(=O)[C@H](CC=O)N1CCN(c2ccc(C(F)(F)F)cc2)CCC1=O. The summed E-state index contributed by atoms with van der Waals surface area (Å²) in [5, 5.41) is 0. The predicted octanol–water partition coefficient (Wildman–Crippen LogP) is 1.87. The van der Waals surface area contributed by atoms with Crippen molar-refractivity contribution in [2.75, 3.05) is 31.6 Å². The number of carbonyl (C=O) groups is 3. The van der Waals surface area contributed by atoms with Crippen LogP contribution in [0.15, 0.2) is 24.3 Å². The number of ether oxygens (including phenoxy) is 1. The van der Waals surface area contributed by atoms with E-state index in [1.807, 2.05) is 0 Å². The minimum atomic E-state index is -4.41. The number of benzene rings is 1. The van der Waals surface area contributed by atoms with Crippen molar-refractivity contribution in [3.8, 4) is 0 Å². The van der Waals surface area contributed by atoms with Gasteiger partial charge in [0.05, 0.1) is 12.7 Å². The van der Waals surface area contributed by atoms with Crippen molar-refractivity contribution in [3.05, 3.63) is 29.8 Å². The second-order valence-electron chi connectivity index (χ2n) is 5.81. The highest BCUT2D eigenvalue weighted by Crippen LogP contribution is 2.30. The Morgan fingerprint density at radius 3 is 2.42 bits per heavy atom. The number of hydrogen-bond acceptors (Lipinski definition) is 5. The highest BCUT2D eigenvalue weighted by Gasteiger charge is 2.33. The van der Waals surface area contributed by atoms with E-state index in [1.54, 1.807) is 4.90 Å². The van der Waals surface area contributed by atoms with E-state index in [0.29, 0.717) is 25.1 Å². The van der Waals surface area contributed by atoms with E-state index in [2.05, 4.69) is 4.74 Å². The number of alkyl halides is 3. The minimum absolute atomic E-state index is 0.0768. The molecule has 0 spiro atoms. The number of halogens is 3. The maximum absolute atomic E-state index is 12.7. The molecule has 142 valence electrons. The van der Waals surface area contributed by atoms with Crippen LogP contribution in [0, 0.1) is 0 Å². The highest BCUT2D eigenvalue weighted by molar-refractivity contribution is 5.86. The molecule has 0 saturated carbocycles.